The predicted molar refractivity (Wildman–Crippen MR) is 81.9 cm³/mol. The van der Waals surface area contributed by atoms with Crippen LogP contribution in [0, 0.1) is 5.92 Å². The Hall–Kier alpha value is -1.55. The van der Waals surface area contributed by atoms with Crippen molar-refractivity contribution in [2.75, 3.05) is 23.7 Å². The zero-order valence-corrected chi connectivity index (χ0v) is 11.8. The maximum atomic E-state index is 11.8. The van der Waals surface area contributed by atoms with Crippen LogP contribution in [-0.4, -0.2) is 25.0 Å². The topological polar surface area (TPSA) is 53.2 Å². The summed E-state index contributed by atoms with van der Waals surface area (Å²) >= 11 is 0. The van der Waals surface area contributed by atoms with E-state index >= 15 is 0 Å². The van der Waals surface area contributed by atoms with Crippen LogP contribution in [0.15, 0.2) is 24.3 Å². The number of amides is 1. The zero-order chi connectivity index (χ0) is 13.8. The monoisotopic (exact) mass is 273 g/mol. The van der Waals surface area contributed by atoms with Crippen LogP contribution in [0.3, 0.4) is 0 Å². The van der Waals surface area contributed by atoms with Crippen LogP contribution in [-0.2, 0) is 4.79 Å². The molecule has 1 unspecified atom stereocenters. The Morgan fingerprint density at radius 3 is 2.80 bits per heavy atom. The van der Waals surface area contributed by atoms with E-state index in [0.29, 0.717) is 6.04 Å². The van der Waals surface area contributed by atoms with Crippen molar-refractivity contribution in [3.8, 4) is 0 Å². The number of anilines is 2. The second-order valence-corrected chi connectivity index (χ2v) is 5.87. The molecule has 4 nitrogen and oxygen atoms in total. The van der Waals surface area contributed by atoms with Gasteiger partial charge in [-0.25, -0.2) is 0 Å². The van der Waals surface area contributed by atoms with E-state index in [1.54, 1.807) is 0 Å². The molecule has 0 radical (unpaired) electrons. The third kappa shape index (κ3) is 3.73. The zero-order valence-electron chi connectivity index (χ0n) is 11.8. The fraction of sp³-hybridized carbons (Fsp3) is 0.562. The van der Waals surface area contributed by atoms with Gasteiger partial charge in [-0.2, -0.15) is 0 Å². The van der Waals surface area contributed by atoms with Crippen molar-refractivity contribution >= 4 is 17.3 Å². The molecule has 1 saturated heterocycles. The van der Waals surface area contributed by atoms with Crippen LogP contribution in [0.2, 0.25) is 0 Å². The van der Waals surface area contributed by atoms with Crippen LogP contribution in [0.25, 0.3) is 0 Å². The van der Waals surface area contributed by atoms with Gasteiger partial charge in [0.2, 0.25) is 5.91 Å². The molecule has 3 N–H and O–H groups in total. The molecule has 0 spiro atoms. The number of hydrogen-bond acceptors (Lipinski definition) is 3. The SMILES string of the molecule is O=C(Nc1cccc(NC2CCCNCC2)c1)C1CC1. The summed E-state index contributed by atoms with van der Waals surface area (Å²) < 4.78 is 0. The highest BCUT2D eigenvalue weighted by molar-refractivity contribution is 5.94. The van der Waals surface area contributed by atoms with Gasteiger partial charge in [0.25, 0.3) is 0 Å². The smallest absolute Gasteiger partial charge is 0.227 e. The van der Waals surface area contributed by atoms with Crippen molar-refractivity contribution in [3.63, 3.8) is 0 Å². The molecule has 20 heavy (non-hydrogen) atoms. The largest absolute Gasteiger partial charge is 0.382 e. The lowest BCUT2D eigenvalue weighted by Gasteiger charge is -2.18. The van der Waals surface area contributed by atoms with E-state index in [4.69, 9.17) is 0 Å². The Kier molecular flexibility index (Phi) is 4.21. The molecule has 3 rings (SSSR count). The highest BCUT2D eigenvalue weighted by Crippen LogP contribution is 2.30. The molecular formula is C16H23N3O. The van der Waals surface area contributed by atoms with Crippen molar-refractivity contribution in [3.05, 3.63) is 24.3 Å². The Labute approximate surface area is 120 Å². The molecule has 1 heterocycles. The van der Waals surface area contributed by atoms with Crippen LogP contribution < -0.4 is 16.0 Å². The molecule has 1 aliphatic heterocycles. The number of hydrogen-bond donors (Lipinski definition) is 3. The molecule has 1 saturated carbocycles. The van der Waals surface area contributed by atoms with Gasteiger partial charge in [-0.05, 0) is 63.4 Å². The fourth-order valence-corrected chi connectivity index (χ4v) is 2.68. The van der Waals surface area contributed by atoms with Crippen LogP contribution >= 0.6 is 0 Å². The van der Waals surface area contributed by atoms with Crippen molar-refractivity contribution in [2.45, 2.75) is 38.1 Å². The van der Waals surface area contributed by atoms with E-state index in [9.17, 15) is 4.79 Å². The number of carbonyl (C=O) groups excluding carboxylic acids is 1. The minimum Gasteiger partial charge on any atom is -0.382 e. The summed E-state index contributed by atoms with van der Waals surface area (Å²) in [5, 5.41) is 10.0. The first-order valence-electron chi connectivity index (χ1n) is 7.69. The standard InChI is InChI=1S/C16H23N3O/c20-16(12-6-7-12)19-15-4-1-3-14(11-15)18-13-5-2-9-17-10-8-13/h1,3-4,11-13,17-18H,2,5-10H2,(H,19,20). The molecule has 4 heteroatoms. The number of carbonyl (C=O) groups is 1. The number of nitrogens with one attached hydrogen (secondary N) is 3. The summed E-state index contributed by atoms with van der Waals surface area (Å²) in [7, 11) is 0. The second-order valence-electron chi connectivity index (χ2n) is 5.87. The van der Waals surface area contributed by atoms with Crippen molar-refractivity contribution < 1.29 is 4.79 Å². The van der Waals surface area contributed by atoms with Crippen molar-refractivity contribution in [1.29, 1.82) is 0 Å². The first-order valence-corrected chi connectivity index (χ1v) is 7.69. The summed E-state index contributed by atoms with van der Waals surface area (Å²) in [5.74, 6) is 0.417. The molecular weight excluding hydrogens is 250 g/mol. The average molecular weight is 273 g/mol. The lowest BCUT2D eigenvalue weighted by atomic mass is 10.1. The van der Waals surface area contributed by atoms with Crippen molar-refractivity contribution in [1.82, 2.24) is 5.32 Å². The van der Waals surface area contributed by atoms with Gasteiger partial charge < -0.3 is 16.0 Å². The van der Waals surface area contributed by atoms with Gasteiger partial charge in [0, 0.05) is 23.3 Å². The van der Waals surface area contributed by atoms with Crippen molar-refractivity contribution in [2.24, 2.45) is 5.92 Å². The van der Waals surface area contributed by atoms with E-state index in [1.807, 2.05) is 18.2 Å². The summed E-state index contributed by atoms with van der Waals surface area (Å²) in [6.07, 6.45) is 5.65. The molecule has 2 fully saturated rings. The Balaban J connectivity index is 1.59. The van der Waals surface area contributed by atoms with Gasteiger partial charge in [-0.1, -0.05) is 6.07 Å². The Bertz CT molecular complexity index is 463. The van der Waals surface area contributed by atoms with E-state index in [1.165, 1.54) is 12.8 Å². The quantitative estimate of drug-likeness (QED) is 0.790. The second kappa shape index (κ2) is 6.27. The van der Waals surface area contributed by atoms with Crippen LogP contribution in [0.4, 0.5) is 11.4 Å². The molecule has 1 aromatic rings. The maximum absolute atomic E-state index is 11.8. The normalized spacial score (nSPS) is 22.9. The first-order chi connectivity index (χ1) is 9.81. The molecule has 1 aliphatic carbocycles. The number of rotatable bonds is 4. The van der Waals surface area contributed by atoms with Gasteiger partial charge in [0.15, 0.2) is 0 Å². The van der Waals surface area contributed by atoms with Gasteiger partial charge in [-0.3, -0.25) is 4.79 Å². The summed E-state index contributed by atoms with van der Waals surface area (Å²) in [6.45, 7) is 2.20. The van der Waals surface area contributed by atoms with E-state index in [-0.39, 0.29) is 11.8 Å². The summed E-state index contributed by atoms with van der Waals surface area (Å²) in [6, 6.07) is 8.60. The fourth-order valence-electron chi connectivity index (χ4n) is 2.68. The summed E-state index contributed by atoms with van der Waals surface area (Å²) in [5.41, 5.74) is 2.00. The average Bonchev–Trinajstić information content (AvgIpc) is 3.27. The van der Waals surface area contributed by atoms with Crippen LogP contribution in [0.5, 0.6) is 0 Å². The molecule has 1 aromatic carbocycles. The lowest BCUT2D eigenvalue weighted by molar-refractivity contribution is -0.117. The van der Waals surface area contributed by atoms with E-state index < -0.39 is 0 Å². The number of benzene rings is 1. The summed E-state index contributed by atoms with van der Waals surface area (Å²) in [4.78, 5) is 11.8. The third-order valence-corrected chi connectivity index (χ3v) is 4.02. The van der Waals surface area contributed by atoms with Gasteiger partial charge in [0.05, 0.1) is 0 Å². The molecule has 1 atom stereocenters. The highest BCUT2D eigenvalue weighted by atomic mass is 16.2. The minimum atomic E-state index is 0.167. The molecule has 108 valence electrons. The Morgan fingerprint density at radius 1 is 1.10 bits per heavy atom. The van der Waals surface area contributed by atoms with Gasteiger partial charge in [-0.15, -0.1) is 0 Å². The molecule has 0 bridgehead atoms. The molecule has 1 amide bonds. The Morgan fingerprint density at radius 2 is 1.95 bits per heavy atom. The minimum absolute atomic E-state index is 0.167. The third-order valence-electron chi connectivity index (χ3n) is 4.02. The van der Waals surface area contributed by atoms with Crippen LogP contribution in [0.1, 0.15) is 32.1 Å². The van der Waals surface area contributed by atoms with E-state index in [2.05, 4.69) is 22.0 Å². The van der Waals surface area contributed by atoms with Gasteiger partial charge in [0.1, 0.15) is 0 Å². The highest BCUT2D eigenvalue weighted by Gasteiger charge is 2.29. The predicted octanol–water partition coefficient (Wildman–Crippen LogP) is 2.59. The first kappa shape index (κ1) is 13.4. The molecule has 2 aliphatic rings. The molecule has 0 aromatic heterocycles. The van der Waals surface area contributed by atoms with E-state index in [0.717, 1.165) is 43.7 Å². The lowest BCUT2D eigenvalue weighted by Crippen LogP contribution is -2.21. The van der Waals surface area contributed by atoms with Gasteiger partial charge >= 0.3 is 0 Å². The maximum Gasteiger partial charge on any atom is 0.227 e.